The van der Waals surface area contributed by atoms with Crippen molar-refractivity contribution in [2.75, 3.05) is 6.61 Å². The van der Waals surface area contributed by atoms with Crippen LogP contribution in [0.2, 0.25) is 0 Å². The van der Waals surface area contributed by atoms with Gasteiger partial charge in [-0.15, -0.1) is 18.1 Å². The summed E-state index contributed by atoms with van der Waals surface area (Å²) < 4.78 is 32.7. The van der Waals surface area contributed by atoms with E-state index < -0.39 is 6.36 Å². The van der Waals surface area contributed by atoms with Gasteiger partial charge in [-0.25, -0.2) is 4.89 Å². The second kappa shape index (κ2) is 2.88. The van der Waals surface area contributed by atoms with E-state index in [0.717, 1.165) is 0 Å². The topological polar surface area (TPSA) is 18.5 Å². The average Bonchev–Trinajstić information content (AvgIpc) is 1.59. The molecule has 0 fully saturated rings. The highest BCUT2D eigenvalue weighted by Crippen LogP contribution is 2.15. The average molecular weight is 130 g/mol. The molecule has 0 N–H and O–H groups in total. The van der Waals surface area contributed by atoms with Crippen LogP contribution in [0, 0.1) is 0 Å². The predicted molar refractivity (Wildman–Crippen MR) is 18.8 cm³/mol. The smallest absolute Gasteiger partial charge is 0.229 e. The SMILES string of the molecule is CCOOC(F)(F)F. The van der Waals surface area contributed by atoms with Crippen molar-refractivity contribution in [3.63, 3.8) is 0 Å². The molecule has 0 rings (SSSR count). The molecule has 0 unspecified atom stereocenters. The Kier molecular flexibility index (Phi) is 2.78. The second-order valence-corrected chi connectivity index (χ2v) is 0.936. The molecule has 5 heteroatoms. The van der Waals surface area contributed by atoms with Crippen LogP contribution in [0.4, 0.5) is 13.2 Å². The molecule has 0 radical (unpaired) electrons. The van der Waals surface area contributed by atoms with Crippen LogP contribution < -0.4 is 0 Å². The zero-order valence-corrected chi connectivity index (χ0v) is 4.16. The molecular weight excluding hydrogens is 125 g/mol. The van der Waals surface area contributed by atoms with Crippen LogP contribution in [0.25, 0.3) is 0 Å². The van der Waals surface area contributed by atoms with E-state index in [-0.39, 0.29) is 6.61 Å². The van der Waals surface area contributed by atoms with Crippen molar-refractivity contribution in [2.24, 2.45) is 0 Å². The fraction of sp³-hybridized carbons (Fsp3) is 1.00. The maximum Gasteiger partial charge on any atom is 0.549 e. The van der Waals surface area contributed by atoms with Crippen LogP contribution >= 0.6 is 0 Å². The van der Waals surface area contributed by atoms with Crippen molar-refractivity contribution >= 4 is 0 Å². The number of alkyl halides is 3. The van der Waals surface area contributed by atoms with Crippen LogP contribution in [-0.4, -0.2) is 13.0 Å². The summed E-state index contributed by atoms with van der Waals surface area (Å²) in [5.41, 5.74) is 0. The first-order chi connectivity index (χ1) is 3.56. The standard InChI is InChI=1S/C3H5F3O2/c1-2-7-8-3(4,5)6/h2H2,1H3. The summed E-state index contributed by atoms with van der Waals surface area (Å²) in [5, 5.41) is 0. The highest BCUT2D eigenvalue weighted by molar-refractivity contribution is 4.13. The molecule has 50 valence electrons. The summed E-state index contributed by atoms with van der Waals surface area (Å²) >= 11 is 0. The third-order valence-corrected chi connectivity index (χ3v) is 0.271. The normalized spacial score (nSPS) is 12.0. The van der Waals surface area contributed by atoms with E-state index in [0.29, 0.717) is 0 Å². The van der Waals surface area contributed by atoms with Gasteiger partial charge in [-0.05, 0) is 6.92 Å². The molecule has 0 saturated carbocycles. The van der Waals surface area contributed by atoms with Crippen LogP contribution in [0.3, 0.4) is 0 Å². The minimum atomic E-state index is -4.67. The minimum absolute atomic E-state index is 0.112. The summed E-state index contributed by atoms with van der Waals surface area (Å²) in [7, 11) is 0. The molecule has 0 spiro atoms. The van der Waals surface area contributed by atoms with Crippen molar-refractivity contribution in [1.82, 2.24) is 0 Å². The van der Waals surface area contributed by atoms with Gasteiger partial charge in [0.25, 0.3) is 0 Å². The Balaban J connectivity index is 3.11. The van der Waals surface area contributed by atoms with Gasteiger partial charge in [0.05, 0.1) is 6.61 Å². The minimum Gasteiger partial charge on any atom is -0.229 e. The van der Waals surface area contributed by atoms with Crippen LogP contribution in [0.1, 0.15) is 6.92 Å². The van der Waals surface area contributed by atoms with Crippen molar-refractivity contribution in [3.05, 3.63) is 0 Å². The van der Waals surface area contributed by atoms with Crippen molar-refractivity contribution in [3.8, 4) is 0 Å². The molecule has 8 heavy (non-hydrogen) atoms. The molecule has 2 nitrogen and oxygen atoms in total. The summed E-state index contributed by atoms with van der Waals surface area (Å²) in [5.74, 6) is 0. The lowest BCUT2D eigenvalue weighted by atomic mass is 10.9. The zero-order chi connectivity index (χ0) is 6.62. The lowest BCUT2D eigenvalue weighted by Gasteiger charge is -2.02. The molecule has 0 aromatic carbocycles. The molecule has 0 saturated heterocycles. The number of rotatable bonds is 2. The van der Waals surface area contributed by atoms with Gasteiger partial charge in [0, 0.05) is 0 Å². The van der Waals surface area contributed by atoms with Crippen LogP contribution in [0.5, 0.6) is 0 Å². The zero-order valence-electron chi connectivity index (χ0n) is 4.16. The highest BCUT2D eigenvalue weighted by atomic mass is 19.4. The fourth-order valence-corrected chi connectivity index (χ4v) is 0.126. The van der Waals surface area contributed by atoms with Gasteiger partial charge >= 0.3 is 6.36 Å². The number of hydrogen-bond acceptors (Lipinski definition) is 2. The molecule has 0 aromatic rings. The molecule has 0 bridgehead atoms. The largest absolute Gasteiger partial charge is 0.549 e. The second-order valence-electron chi connectivity index (χ2n) is 0.936. The van der Waals surface area contributed by atoms with Crippen LogP contribution in [0.15, 0.2) is 0 Å². The molecular formula is C3H5F3O2. The van der Waals surface area contributed by atoms with E-state index in [2.05, 4.69) is 9.78 Å². The Morgan fingerprint density at radius 1 is 1.38 bits per heavy atom. The number of hydrogen-bond donors (Lipinski definition) is 0. The van der Waals surface area contributed by atoms with Gasteiger partial charge < -0.3 is 0 Å². The molecule has 0 aliphatic heterocycles. The fourth-order valence-electron chi connectivity index (χ4n) is 0.126. The maximum absolute atomic E-state index is 10.9. The monoisotopic (exact) mass is 130 g/mol. The summed E-state index contributed by atoms with van der Waals surface area (Å²) in [6, 6.07) is 0. The van der Waals surface area contributed by atoms with Crippen molar-refractivity contribution in [1.29, 1.82) is 0 Å². The van der Waals surface area contributed by atoms with Gasteiger partial charge in [-0.1, -0.05) is 0 Å². The van der Waals surface area contributed by atoms with E-state index in [1.807, 2.05) is 0 Å². The molecule has 0 atom stereocenters. The van der Waals surface area contributed by atoms with Gasteiger partial charge in [0.1, 0.15) is 0 Å². The van der Waals surface area contributed by atoms with Gasteiger partial charge in [-0.2, -0.15) is 0 Å². The van der Waals surface area contributed by atoms with E-state index in [4.69, 9.17) is 0 Å². The Hall–Kier alpha value is -0.290. The summed E-state index contributed by atoms with van der Waals surface area (Å²) in [6.07, 6.45) is -4.67. The Morgan fingerprint density at radius 2 is 1.88 bits per heavy atom. The van der Waals surface area contributed by atoms with E-state index >= 15 is 0 Å². The van der Waals surface area contributed by atoms with E-state index in [9.17, 15) is 13.2 Å². The predicted octanol–water partition coefficient (Wildman–Crippen LogP) is 1.47. The Bertz CT molecular complexity index is 60.0. The van der Waals surface area contributed by atoms with E-state index in [1.54, 1.807) is 0 Å². The molecule has 0 heterocycles. The number of halogens is 3. The van der Waals surface area contributed by atoms with Crippen LogP contribution in [-0.2, 0) is 9.78 Å². The van der Waals surface area contributed by atoms with Crippen molar-refractivity contribution in [2.45, 2.75) is 13.3 Å². The first-order valence-electron chi connectivity index (χ1n) is 1.93. The Morgan fingerprint density at radius 3 is 2.00 bits per heavy atom. The molecule has 0 aliphatic rings. The van der Waals surface area contributed by atoms with E-state index in [1.165, 1.54) is 6.92 Å². The van der Waals surface area contributed by atoms with Crippen molar-refractivity contribution < 1.29 is 22.9 Å². The third-order valence-electron chi connectivity index (χ3n) is 0.271. The molecule has 0 aliphatic carbocycles. The quantitative estimate of drug-likeness (QED) is 0.416. The summed E-state index contributed by atoms with van der Waals surface area (Å²) in [4.78, 5) is 6.45. The summed E-state index contributed by atoms with van der Waals surface area (Å²) in [6.45, 7) is 1.28. The Labute approximate surface area is 44.1 Å². The van der Waals surface area contributed by atoms with Gasteiger partial charge in [0.15, 0.2) is 0 Å². The highest BCUT2D eigenvalue weighted by Gasteiger charge is 2.30. The first kappa shape index (κ1) is 7.71. The first-order valence-corrected chi connectivity index (χ1v) is 1.93. The molecule has 0 aromatic heterocycles. The van der Waals surface area contributed by atoms with Gasteiger partial charge in [-0.3, -0.25) is 0 Å². The molecule has 0 amide bonds. The third kappa shape index (κ3) is 5.71. The lowest BCUT2D eigenvalue weighted by molar-refractivity contribution is -0.482. The van der Waals surface area contributed by atoms with Gasteiger partial charge in [0.2, 0.25) is 0 Å². The lowest BCUT2D eigenvalue weighted by Crippen LogP contribution is -2.13. The maximum atomic E-state index is 10.9.